The number of carbonyl (C=O) groups excluding carboxylic acids is 2. The molecule has 1 atom stereocenters. The molecule has 3 aromatic rings. The van der Waals surface area contributed by atoms with Gasteiger partial charge in [-0.3, -0.25) is 9.69 Å². The van der Waals surface area contributed by atoms with Gasteiger partial charge in [-0.15, -0.1) is 0 Å². The predicted molar refractivity (Wildman–Crippen MR) is 125 cm³/mol. The third-order valence-electron chi connectivity index (χ3n) is 6.01. The van der Waals surface area contributed by atoms with Gasteiger partial charge in [0.05, 0.1) is 36.9 Å². The molecule has 8 heteroatoms. The summed E-state index contributed by atoms with van der Waals surface area (Å²) in [6, 6.07) is 15.4. The zero-order valence-corrected chi connectivity index (χ0v) is 18.6. The maximum absolute atomic E-state index is 13.2. The number of hydrogen-bond acceptors (Lipinski definition) is 6. The molecule has 1 aliphatic rings. The second kappa shape index (κ2) is 9.32. The van der Waals surface area contributed by atoms with Crippen molar-refractivity contribution in [3.8, 4) is 5.75 Å². The number of aromatic nitrogens is 1. The summed E-state index contributed by atoms with van der Waals surface area (Å²) < 4.78 is 10.4. The smallest absolute Gasteiger partial charge is 0.356 e. The molecule has 32 heavy (non-hydrogen) atoms. The first kappa shape index (κ1) is 21.7. The maximum Gasteiger partial charge on any atom is 0.356 e. The third-order valence-corrected chi connectivity index (χ3v) is 6.01. The fourth-order valence-corrected chi connectivity index (χ4v) is 4.17. The monoisotopic (exact) mass is 436 g/mol. The summed E-state index contributed by atoms with van der Waals surface area (Å²) in [6.45, 7) is 5.11. The topological polar surface area (TPSA) is 86.9 Å². The van der Waals surface area contributed by atoms with E-state index in [0.717, 1.165) is 26.2 Å². The van der Waals surface area contributed by atoms with E-state index >= 15 is 0 Å². The van der Waals surface area contributed by atoms with Crippen molar-refractivity contribution in [3.05, 3.63) is 54.2 Å². The Bertz CT molecular complexity index is 1100. The van der Waals surface area contributed by atoms with E-state index in [4.69, 9.17) is 9.47 Å². The first-order valence-corrected chi connectivity index (χ1v) is 10.7. The number of amides is 1. The van der Waals surface area contributed by atoms with Crippen LogP contribution < -0.4 is 15.0 Å². The number of benzene rings is 2. The average molecular weight is 437 g/mol. The van der Waals surface area contributed by atoms with E-state index in [1.54, 1.807) is 13.2 Å². The molecule has 0 spiro atoms. The van der Waals surface area contributed by atoms with Crippen LogP contribution in [0.15, 0.2) is 48.5 Å². The summed E-state index contributed by atoms with van der Waals surface area (Å²) in [5.41, 5.74) is 2.45. The highest BCUT2D eigenvalue weighted by Gasteiger charge is 2.29. The number of aromatic amines is 1. The van der Waals surface area contributed by atoms with Crippen molar-refractivity contribution in [2.75, 3.05) is 50.6 Å². The standard InChI is InChI=1S/C24H28N4O4/c1-16(27-12-14-28(15-13-27)17-8-5-4-6-9-17)23(29)26-21-20-18(10-7-11-19(20)31-2)25-22(21)24(30)32-3/h4-11,16,25H,12-15H2,1-3H3,(H,26,29)/t16-/m0/s1. The van der Waals surface area contributed by atoms with Gasteiger partial charge in [0.25, 0.3) is 0 Å². The predicted octanol–water partition coefficient (Wildman–Crippen LogP) is 3.11. The van der Waals surface area contributed by atoms with Gasteiger partial charge in [0.2, 0.25) is 5.91 Å². The lowest BCUT2D eigenvalue weighted by Gasteiger charge is -2.38. The largest absolute Gasteiger partial charge is 0.496 e. The van der Waals surface area contributed by atoms with Crippen LogP contribution >= 0.6 is 0 Å². The van der Waals surface area contributed by atoms with Gasteiger partial charge in [-0.2, -0.15) is 0 Å². The fourth-order valence-electron chi connectivity index (χ4n) is 4.17. The normalized spacial score (nSPS) is 15.4. The number of nitrogens with one attached hydrogen (secondary N) is 2. The third kappa shape index (κ3) is 4.13. The number of esters is 1. The summed E-state index contributed by atoms with van der Waals surface area (Å²) in [7, 11) is 2.87. The van der Waals surface area contributed by atoms with Crippen LogP contribution in [0.3, 0.4) is 0 Å². The highest BCUT2D eigenvalue weighted by molar-refractivity contribution is 6.13. The van der Waals surface area contributed by atoms with Crippen LogP contribution in [0.4, 0.5) is 11.4 Å². The highest BCUT2D eigenvalue weighted by Crippen LogP contribution is 2.35. The zero-order valence-electron chi connectivity index (χ0n) is 18.6. The number of carbonyl (C=O) groups is 2. The number of rotatable bonds is 6. The van der Waals surface area contributed by atoms with E-state index in [1.165, 1.54) is 12.8 Å². The molecular weight excluding hydrogens is 408 g/mol. The Morgan fingerprint density at radius 1 is 1.00 bits per heavy atom. The Morgan fingerprint density at radius 2 is 1.72 bits per heavy atom. The second-order valence-corrected chi connectivity index (χ2v) is 7.77. The van der Waals surface area contributed by atoms with E-state index in [1.807, 2.05) is 37.3 Å². The fraction of sp³-hybridized carbons (Fsp3) is 0.333. The molecule has 1 amide bonds. The summed E-state index contributed by atoms with van der Waals surface area (Å²) in [4.78, 5) is 33.1. The van der Waals surface area contributed by atoms with E-state index in [0.29, 0.717) is 22.3 Å². The van der Waals surface area contributed by atoms with Crippen molar-refractivity contribution in [2.45, 2.75) is 13.0 Å². The molecular formula is C24H28N4O4. The van der Waals surface area contributed by atoms with Crippen LogP contribution in [-0.4, -0.2) is 68.2 Å². The Labute approximate surface area is 187 Å². The Kier molecular flexibility index (Phi) is 6.32. The molecule has 1 aromatic heterocycles. The lowest BCUT2D eigenvalue weighted by atomic mass is 10.1. The first-order chi connectivity index (χ1) is 15.5. The number of ether oxygens (including phenoxy) is 2. The van der Waals surface area contributed by atoms with Gasteiger partial charge < -0.3 is 24.7 Å². The summed E-state index contributed by atoms with van der Waals surface area (Å²) in [5, 5.41) is 3.60. The maximum atomic E-state index is 13.2. The molecule has 2 heterocycles. The van der Waals surface area contributed by atoms with E-state index in [2.05, 4.69) is 32.2 Å². The van der Waals surface area contributed by atoms with Gasteiger partial charge in [0, 0.05) is 31.9 Å². The Morgan fingerprint density at radius 3 is 2.38 bits per heavy atom. The number of anilines is 2. The number of methoxy groups -OCH3 is 2. The number of H-pyrrole nitrogens is 1. The second-order valence-electron chi connectivity index (χ2n) is 7.77. The van der Waals surface area contributed by atoms with Crippen molar-refractivity contribution in [1.29, 1.82) is 0 Å². The van der Waals surface area contributed by atoms with E-state index in [-0.39, 0.29) is 17.6 Å². The minimum absolute atomic E-state index is 0.185. The van der Waals surface area contributed by atoms with Gasteiger partial charge in [-0.25, -0.2) is 4.79 Å². The van der Waals surface area contributed by atoms with Gasteiger partial charge in [0.15, 0.2) is 0 Å². The molecule has 8 nitrogen and oxygen atoms in total. The van der Waals surface area contributed by atoms with Gasteiger partial charge >= 0.3 is 5.97 Å². The summed E-state index contributed by atoms with van der Waals surface area (Å²) >= 11 is 0. The highest BCUT2D eigenvalue weighted by atomic mass is 16.5. The number of nitrogens with zero attached hydrogens (tertiary/aromatic N) is 2. The molecule has 0 aliphatic carbocycles. The van der Waals surface area contributed by atoms with Crippen molar-refractivity contribution >= 4 is 34.2 Å². The molecule has 1 aliphatic heterocycles. The minimum Gasteiger partial charge on any atom is -0.496 e. The number of hydrogen-bond donors (Lipinski definition) is 2. The van der Waals surface area contributed by atoms with Crippen molar-refractivity contribution < 1.29 is 19.1 Å². The van der Waals surface area contributed by atoms with Crippen molar-refractivity contribution in [1.82, 2.24) is 9.88 Å². The molecule has 4 rings (SSSR count). The molecule has 168 valence electrons. The first-order valence-electron chi connectivity index (χ1n) is 10.7. The molecule has 1 fully saturated rings. The minimum atomic E-state index is -0.553. The SMILES string of the molecule is COC(=O)c1[nH]c2cccc(OC)c2c1NC(=O)[C@H](C)N1CCN(c2ccccc2)CC1. The van der Waals surface area contributed by atoms with E-state index < -0.39 is 5.97 Å². The van der Waals surface area contributed by atoms with Crippen LogP contribution in [0.2, 0.25) is 0 Å². The van der Waals surface area contributed by atoms with Crippen LogP contribution in [0.5, 0.6) is 5.75 Å². The molecule has 0 bridgehead atoms. The van der Waals surface area contributed by atoms with Crippen LogP contribution in [0.25, 0.3) is 10.9 Å². The number of piperazine rings is 1. The summed E-state index contributed by atoms with van der Waals surface area (Å²) in [5.74, 6) is -0.175. The van der Waals surface area contributed by atoms with Gasteiger partial charge in [-0.1, -0.05) is 24.3 Å². The Balaban J connectivity index is 1.52. The average Bonchev–Trinajstić information content (AvgIpc) is 3.22. The van der Waals surface area contributed by atoms with Crippen LogP contribution in [0, 0.1) is 0 Å². The van der Waals surface area contributed by atoms with Crippen molar-refractivity contribution in [2.24, 2.45) is 0 Å². The quantitative estimate of drug-likeness (QED) is 0.578. The number of fused-ring (bicyclic) bond motifs is 1. The molecule has 2 aromatic carbocycles. The molecule has 0 saturated carbocycles. The molecule has 0 unspecified atom stereocenters. The zero-order chi connectivity index (χ0) is 22.7. The van der Waals surface area contributed by atoms with Crippen molar-refractivity contribution in [3.63, 3.8) is 0 Å². The molecule has 1 saturated heterocycles. The molecule has 0 radical (unpaired) electrons. The van der Waals surface area contributed by atoms with Crippen LogP contribution in [-0.2, 0) is 9.53 Å². The lowest BCUT2D eigenvalue weighted by Crippen LogP contribution is -2.52. The van der Waals surface area contributed by atoms with Crippen LogP contribution in [0.1, 0.15) is 17.4 Å². The summed E-state index contributed by atoms with van der Waals surface area (Å²) in [6.07, 6.45) is 0. The lowest BCUT2D eigenvalue weighted by molar-refractivity contribution is -0.120. The van der Waals surface area contributed by atoms with E-state index in [9.17, 15) is 9.59 Å². The van der Waals surface area contributed by atoms with Gasteiger partial charge in [-0.05, 0) is 31.2 Å². The Hall–Kier alpha value is -3.52. The van der Waals surface area contributed by atoms with Gasteiger partial charge in [0.1, 0.15) is 11.4 Å². The number of para-hydroxylation sites is 1. The molecule has 2 N–H and O–H groups in total.